The van der Waals surface area contributed by atoms with Crippen molar-refractivity contribution < 1.29 is 9.90 Å². The zero-order valence-corrected chi connectivity index (χ0v) is 13.9. The van der Waals surface area contributed by atoms with Crippen molar-refractivity contribution in [1.82, 2.24) is 19.7 Å². The summed E-state index contributed by atoms with van der Waals surface area (Å²) in [6.07, 6.45) is 3.98. The zero-order valence-electron chi connectivity index (χ0n) is 13.9. The molecule has 7 heteroatoms. The average molecular weight is 337 g/mol. The van der Waals surface area contributed by atoms with E-state index in [1.165, 1.54) is 6.33 Å². The molecule has 7 nitrogen and oxygen atoms in total. The Balaban J connectivity index is 1.76. The number of carboxylic acids is 1. The van der Waals surface area contributed by atoms with Crippen LogP contribution in [0.5, 0.6) is 0 Å². The molecular formula is C18H19N5O2. The molecule has 0 spiro atoms. The quantitative estimate of drug-likeness (QED) is 0.790. The summed E-state index contributed by atoms with van der Waals surface area (Å²) >= 11 is 0. The molecule has 4 rings (SSSR count). The molecule has 1 aliphatic rings. The predicted octanol–water partition coefficient (Wildman–Crippen LogP) is 2.36. The molecule has 0 aliphatic carbocycles. The van der Waals surface area contributed by atoms with Crippen LogP contribution in [0, 0.1) is 11.8 Å². The van der Waals surface area contributed by atoms with Gasteiger partial charge in [0.1, 0.15) is 12.1 Å². The Hall–Kier alpha value is -2.96. The fourth-order valence-corrected chi connectivity index (χ4v) is 3.55. The van der Waals surface area contributed by atoms with Gasteiger partial charge in [0.25, 0.3) is 0 Å². The minimum atomic E-state index is -0.748. The fourth-order valence-electron chi connectivity index (χ4n) is 3.55. The normalized spacial score (nSPS) is 20.8. The molecule has 3 aromatic rings. The van der Waals surface area contributed by atoms with Crippen molar-refractivity contribution in [2.45, 2.75) is 13.3 Å². The summed E-state index contributed by atoms with van der Waals surface area (Å²) in [5.41, 5.74) is 1.65. The van der Waals surface area contributed by atoms with Crippen LogP contribution in [0.3, 0.4) is 0 Å². The number of hydrogen-bond acceptors (Lipinski definition) is 5. The molecule has 128 valence electrons. The molecule has 3 heterocycles. The second-order valence-corrected chi connectivity index (χ2v) is 6.61. The number of benzene rings is 1. The highest BCUT2D eigenvalue weighted by Crippen LogP contribution is 2.30. The van der Waals surface area contributed by atoms with Gasteiger partial charge in [0.05, 0.1) is 23.2 Å². The van der Waals surface area contributed by atoms with Crippen LogP contribution < -0.4 is 4.90 Å². The molecule has 0 radical (unpaired) electrons. The smallest absolute Gasteiger partial charge is 0.308 e. The van der Waals surface area contributed by atoms with Crippen LogP contribution in [0.1, 0.15) is 13.3 Å². The van der Waals surface area contributed by atoms with E-state index in [0.29, 0.717) is 18.9 Å². The van der Waals surface area contributed by atoms with Gasteiger partial charge in [0.2, 0.25) is 0 Å². The molecule has 2 unspecified atom stereocenters. The number of nitrogens with zero attached hydrogens (tertiary/aromatic N) is 5. The van der Waals surface area contributed by atoms with Crippen molar-refractivity contribution in [2.75, 3.05) is 18.0 Å². The van der Waals surface area contributed by atoms with Crippen LogP contribution >= 0.6 is 0 Å². The molecule has 1 aliphatic heterocycles. The average Bonchev–Trinajstić information content (AvgIpc) is 3.06. The van der Waals surface area contributed by atoms with Crippen molar-refractivity contribution in [3.8, 4) is 5.69 Å². The van der Waals surface area contributed by atoms with E-state index in [1.807, 2.05) is 35.2 Å². The lowest BCUT2D eigenvalue weighted by molar-refractivity contribution is -0.142. The summed E-state index contributed by atoms with van der Waals surface area (Å²) < 4.78 is 1.78. The topological polar surface area (TPSA) is 84.1 Å². The highest BCUT2D eigenvalue weighted by molar-refractivity contribution is 5.88. The Labute approximate surface area is 144 Å². The van der Waals surface area contributed by atoms with E-state index >= 15 is 0 Å². The molecule has 0 amide bonds. The molecule has 1 saturated heterocycles. The first-order valence-electron chi connectivity index (χ1n) is 8.35. The number of carbonyl (C=O) groups is 1. The summed E-state index contributed by atoms with van der Waals surface area (Å²) in [7, 11) is 0. The van der Waals surface area contributed by atoms with Gasteiger partial charge >= 0.3 is 5.97 Å². The van der Waals surface area contributed by atoms with Crippen LogP contribution in [0.2, 0.25) is 0 Å². The lowest BCUT2D eigenvalue weighted by Crippen LogP contribution is -2.43. The monoisotopic (exact) mass is 337 g/mol. The van der Waals surface area contributed by atoms with Gasteiger partial charge in [-0.2, -0.15) is 5.10 Å². The van der Waals surface area contributed by atoms with Gasteiger partial charge < -0.3 is 10.0 Å². The van der Waals surface area contributed by atoms with E-state index in [0.717, 1.165) is 29.1 Å². The number of carboxylic acid groups (broad SMARTS) is 1. The predicted molar refractivity (Wildman–Crippen MR) is 93.8 cm³/mol. The molecule has 25 heavy (non-hydrogen) atoms. The minimum absolute atomic E-state index is 0.295. The van der Waals surface area contributed by atoms with E-state index in [-0.39, 0.29) is 5.92 Å². The van der Waals surface area contributed by atoms with E-state index in [9.17, 15) is 9.90 Å². The molecule has 1 aromatic carbocycles. The van der Waals surface area contributed by atoms with Crippen molar-refractivity contribution in [1.29, 1.82) is 0 Å². The largest absolute Gasteiger partial charge is 0.481 e. The Bertz CT molecular complexity index is 908. The third-order valence-corrected chi connectivity index (χ3v) is 4.65. The number of fused-ring (bicyclic) bond motifs is 1. The summed E-state index contributed by atoms with van der Waals surface area (Å²) in [6.45, 7) is 3.32. The SMILES string of the molecule is CC1CC(C(=O)O)CN(c2ncnc3c2cnn3-c2ccccc2)C1. The van der Waals surface area contributed by atoms with Gasteiger partial charge in [0, 0.05) is 13.1 Å². The van der Waals surface area contributed by atoms with Gasteiger partial charge in [0.15, 0.2) is 5.65 Å². The van der Waals surface area contributed by atoms with Gasteiger partial charge in [-0.25, -0.2) is 14.6 Å². The summed E-state index contributed by atoms with van der Waals surface area (Å²) in [6, 6.07) is 9.80. The van der Waals surface area contributed by atoms with Crippen LogP contribution in [-0.4, -0.2) is 43.9 Å². The van der Waals surface area contributed by atoms with E-state index in [1.54, 1.807) is 10.9 Å². The van der Waals surface area contributed by atoms with Crippen LogP contribution in [-0.2, 0) is 4.79 Å². The van der Waals surface area contributed by atoms with Crippen LogP contribution in [0.25, 0.3) is 16.7 Å². The number of piperidine rings is 1. The number of anilines is 1. The highest BCUT2D eigenvalue weighted by Gasteiger charge is 2.31. The fraction of sp³-hybridized carbons (Fsp3) is 0.333. The van der Waals surface area contributed by atoms with Gasteiger partial charge in [-0.3, -0.25) is 4.79 Å². The van der Waals surface area contributed by atoms with Crippen molar-refractivity contribution >= 4 is 22.8 Å². The number of aliphatic carboxylic acids is 1. The molecule has 0 bridgehead atoms. The summed E-state index contributed by atoms with van der Waals surface area (Å²) in [5.74, 6) is -0.0752. The lowest BCUT2D eigenvalue weighted by Gasteiger charge is -2.35. The maximum absolute atomic E-state index is 11.5. The number of para-hydroxylation sites is 1. The number of hydrogen-bond donors (Lipinski definition) is 1. The second-order valence-electron chi connectivity index (χ2n) is 6.61. The Morgan fingerprint density at radius 3 is 2.76 bits per heavy atom. The minimum Gasteiger partial charge on any atom is -0.481 e. The standard InChI is InChI=1S/C18H19N5O2/c1-12-7-13(18(24)25)10-22(9-12)16-15-8-21-23(17(15)20-11-19-16)14-5-3-2-4-6-14/h2-6,8,11-13H,7,9-10H2,1H3,(H,24,25). The Morgan fingerprint density at radius 1 is 1.20 bits per heavy atom. The van der Waals surface area contributed by atoms with E-state index in [4.69, 9.17) is 0 Å². The molecule has 1 N–H and O–H groups in total. The maximum atomic E-state index is 11.5. The summed E-state index contributed by atoms with van der Waals surface area (Å²) in [5, 5.41) is 14.7. The Morgan fingerprint density at radius 2 is 2.00 bits per heavy atom. The van der Waals surface area contributed by atoms with Crippen molar-refractivity contribution in [3.05, 3.63) is 42.9 Å². The Kier molecular flexibility index (Phi) is 3.83. The lowest BCUT2D eigenvalue weighted by atomic mass is 9.90. The molecule has 2 aromatic heterocycles. The third kappa shape index (κ3) is 2.82. The molecule has 1 fully saturated rings. The third-order valence-electron chi connectivity index (χ3n) is 4.65. The van der Waals surface area contributed by atoms with Gasteiger partial charge in [-0.1, -0.05) is 25.1 Å². The van der Waals surface area contributed by atoms with E-state index in [2.05, 4.69) is 22.0 Å². The van der Waals surface area contributed by atoms with E-state index < -0.39 is 5.97 Å². The van der Waals surface area contributed by atoms with Gasteiger partial charge in [-0.15, -0.1) is 0 Å². The zero-order chi connectivity index (χ0) is 17.4. The maximum Gasteiger partial charge on any atom is 0.308 e. The van der Waals surface area contributed by atoms with Crippen molar-refractivity contribution in [2.24, 2.45) is 11.8 Å². The number of aromatic nitrogens is 4. The van der Waals surface area contributed by atoms with Crippen LogP contribution in [0.4, 0.5) is 5.82 Å². The van der Waals surface area contributed by atoms with Crippen molar-refractivity contribution in [3.63, 3.8) is 0 Å². The number of rotatable bonds is 3. The molecular weight excluding hydrogens is 318 g/mol. The first-order valence-corrected chi connectivity index (χ1v) is 8.35. The van der Waals surface area contributed by atoms with Gasteiger partial charge in [-0.05, 0) is 24.5 Å². The molecule has 2 atom stereocenters. The first kappa shape index (κ1) is 15.6. The molecule has 0 saturated carbocycles. The second kappa shape index (κ2) is 6.16. The highest BCUT2D eigenvalue weighted by atomic mass is 16.4. The summed E-state index contributed by atoms with van der Waals surface area (Å²) in [4.78, 5) is 22.3. The van der Waals surface area contributed by atoms with Crippen LogP contribution in [0.15, 0.2) is 42.9 Å². The first-order chi connectivity index (χ1) is 12.1.